The molecule has 0 amide bonds. The Hall–Kier alpha value is -2.69. The van der Waals surface area contributed by atoms with Gasteiger partial charge in [0.2, 0.25) is 5.82 Å². The smallest absolute Gasteiger partial charge is 0.260 e. The van der Waals surface area contributed by atoms with Gasteiger partial charge in [0.15, 0.2) is 0 Å². The van der Waals surface area contributed by atoms with Gasteiger partial charge in [0.1, 0.15) is 5.82 Å². The summed E-state index contributed by atoms with van der Waals surface area (Å²) in [6, 6.07) is 12.2. The molecule has 0 aliphatic rings. The Labute approximate surface area is 115 Å². The van der Waals surface area contributed by atoms with Crippen LogP contribution in [0.25, 0.3) is 22.8 Å². The minimum atomic E-state index is -0.502. The summed E-state index contributed by atoms with van der Waals surface area (Å²) >= 11 is 0. The maximum absolute atomic E-state index is 13.4. The van der Waals surface area contributed by atoms with Crippen LogP contribution in [0, 0.1) is 12.7 Å². The second-order valence-corrected chi connectivity index (χ2v) is 4.49. The molecule has 0 aliphatic carbocycles. The van der Waals surface area contributed by atoms with Crippen LogP contribution in [-0.2, 0) is 0 Å². The lowest BCUT2D eigenvalue weighted by molar-refractivity contribution is 0.432. The van der Waals surface area contributed by atoms with Crippen molar-refractivity contribution in [2.24, 2.45) is 0 Å². The van der Waals surface area contributed by atoms with Crippen LogP contribution < -0.4 is 5.73 Å². The largest absolute Gasteiger partial charge is 0.396 e. The summed E-state index contributed by atoms with van der Waals surface area (Å²) in [5, 5.41) is 3.91. The van der Waals surface area contributed by atoms with E-state index >= 15 is 0 Å². The molecule has 2 N–H and O–H groups in total. The molecule has 2 aromatic carbocycles. The fraction of sp³-hybridized carbons (Fsp3) is 0.0667. The lowest BCUT2D eigenvalue weighted by Crippen LogP contribution is -1.94. The van der Waals surface area contributed by atoms with E-state index in [-0.39, 0.29) is 11.6 Å². The highest BCUT2D eigenvalue weighted by atomic mass is 19.1. The standard InChI is InChI=1S/C15H12FN3O/c1-9-4-2-5-10(8-9)14-18-15(20-19-14)11-6-3-7-12(16)13(11)17/h2-8H,17H2,1H3. The van der Waals surface area contributed by atoms with Crippen LogP contribution in [0.3, 0.4) is 0 Å². The summed E-state index contributed by atoms with van der Waals surface area (Å²) in [5.74, 6) is 0.156. The van der Waals surface area contributed by atoms with Gasteiger partial charge >= 0.3 is 0 Å². The van der Waals surface area contributed by atoms with E-state index in [2.05, 4.69) is 10.1 Å². The summed E-state index contributed by atoms with van der Waals surface area (Å²) in [6.45, 7) is 1.98. The number of aromatic nitrogens is 2. The van der Waals surface area contributed by atoms with Gasteiger partial charge in [0, 0.05) is 5.56 Å². The molecule has 5 heteroatoms. The third-order valence-electron chi connectivity index (χ3n) is 2.99. The Balaban J connectivity index is 2.04. The average Bonchev–Trinajstić information content (AvgIpc) is 2.91. The molecule has 1 heterocycles. The van der Waals surface area contributed by atoms with Crippen molar-refractivity contribution in [1.29, 1.82) is 0 Å². The van der Waals surface area contributed by atoms with E-state index < -0.39 is 5.82 Å². The zero-order valence-electron chi connectivity index (χ0n) is 10.8. The highest BCUT2D eigenvalue weighted by Gasteiger charge is 2.14. The van der Waals surface area contributed by atoms with Crippen molar-refractivity contribution in [2.75, 3.05) is 5.73 Å². The topological polar surface area (TPSA) is 64.9 Å². The van der Waals surface area contributed by atoms with Crippen LogP contribution in [0.15, 0.2) is 47.0 Å². The zero-order chi connectivity index (χ0) is 14.1. The summed E-state index contributed by atoms with van der Waals surface area (Å²) in [7, 11) is 0. The number of para-hydroxylation sites is 1. The van der Waals surface area contributed by atoms with Crippen molar-refractivity contribution in [3.8, 4) is 22.8 Å². The maximum atomic E-state index is 13.4. The molecule has 3 aromatic rings. The molecule has 20 heavy (non-hydrogen) atoms. The van der Waals surface area contributed by atoms with E-state index in [1.54, 1.807) is 12.1 Å². The molecule has 100 valence electrons. The van der Waals surface area contributed by atoms with Gasteiger partial charge in [-0.1, -0.05) is 35.0 Å². The van der Waals surface area contributed by atoms with Crippen LogP contribution in [0.5, 0.6) is 0 Å². The fourth-order valence-electron chi connectivity index (χ4n) is 1.96. The normalized spacial score (nSPS) is 10.7. The van der Waals surface area contributed by atoms with E-state index in [1.807, 2.05) is 31.2 Å². The number of benzene rings is 2. The molecule has 0 atom stereocenters. The number of hydrogen-bond donors (Lipinski definition) is 1. The van der Waals surface area contributed by atoms with Crippen molar-refractivity contribution in [2.45, 2.75) is 6.92 Å². The zero-order valence-corrected chi connectivity index (χ0v) is 10.8. The molecule has 0 fully saturated rings. The van der Waals surface area contributed by atoms with Crippen molar-refractivity contribution >= 4 is 5.69 Å². The van der Waals surface area contributed by atoms with E-state index in [0.29, 0.717) is 11.4 Å². The Kier molecular flexibility index (Phi) is 2.95. The second kappa shape index (κ2) is 4.77. The van der Waals surface area contributed by atoms with Crippen molar-refractivity contribution in [1.82, 2.24) is 10.1 Å². The van der Waals surface area contributed by atoms with Crippen LogP contribution in [-0.4, -0.2) is 10.1 Å². The molecular weight excluding hydrogens is 257 g/mol. The number of rotatable bonds is 2. The molecule has 0 unspecified atom stereocenters. The summed E-state index contributed by atoms with van der Waals surface area (Å²) < 4.78 is 18.6. The van der Waals surface area contributed by atoms with Crippen LogP contribution in [0.2, 0.25) is 0 Å². The Morgan fingerprint density at radius 3 is 2.75 bits per heavy atom. The van der Waals surface area contributed by atoms with Crippen LogP contribution in [0.4, 0.5) is 10.1 Å². The van der Waals surface area contributed by atoms with Gasteiger partial charge in [0.25, 0.3) is 5.89 Å². The fourth-order valence-corrected chi connectivity index (χ4v) is 1.96. The first-order valence-electron chi connectivity index (χ1n) is 6.10. The van der Waals surface area contributed by atoms with Gasteiger partial charge in [-0.2, -0.15) is 4.98 Å². The molecule has 3 rings (SSSR count). The molecule has 0 saturated heterocycles. The first-order chi connectivity index (χ1) is 9.65. The Morgan fingerprint density at radius 2 is 1.95 bits per heavy atom. The minimum Gasteiger partial charge on any atom is -0.396 e. The first-order valence-corrected chi connectivity index (χ1v) is 6.10. The van der Waals surface area contributed by atoms with Gasteiger partial charge in [-0.3, -0.25) is 0 Å². The van der Waals surface area contributed by atoms with E-state index in [0.717, 1.165) is 11.1 Å². The van der Waals surface area contributed by atoms with E-state index in [1.165, 1.54) is 6.07 Å². The minimum absolute atomic E-state index is 0.00643. The predicted octanol–water partition coefficient (Wildman–Crippen LogP) is 3.43. The molecule has 0 aliphatic heterocycles. The number of nitrogen functional groups attached to an aromatic ring is 1. The molecule has 0 saturated carbocycles. The van der Waals surface area contributed by atoms with Crippen molar-refractivity contribution < 1.29 is 8.91 Å². The summed E-state index contributed by atoms with van der Waals surface area (Å²) in [4.78, 5) is 4.27. The summed E-state index contributed by atoms with van der Waals surface area (Å²) in [5.41, 5.74) is 8.03. The van der Waals surface area contributed by atoms with Gasteiger partial charge in [0.05, 0.1) is 11.3 Å². The maximum Gasteiger partial charge on any atom is 0.260 e. The average molecular weight is 269 g/mol. The highest BCUT2D eigenvalue weighted by molar-refractivity contribution is 5.71. The van der Waals surface area contributed by atoms with Gasteiger partial charge in [-0.25, -0.2) is 4.39 Å². The predicted molar refractivity (Wildman–Crippen MR) is 74.3 cm³/mol. The number of anilines is 1. The monoisotopic (exact) mass is 269 g/mol. The third-order valence-corrected chi connectivity index (χ3v) is 2.99. The second-order valence-electron chi connectivity index (χ2n) is 4.49. The number of nitrogens with zero attached hydrogens (tertiary/aromatic N) is 2. The lowest BCUT2D eigenvalue weighted by Gasteiger charge is -2.00. The summed E-state index contributed by atoms with van der Waals surface area (Å²) in [6.07, 6.45) is 0. The van der Waals surface area contributed by atoms with Crippen LogP contribution in [0.1, 0.15) is 5.56 Å². The molecular formula is C15H12FN3O. The number of halogens is 1. The molecule has 4 nitrogen and oxygen atoms in total. The van der Waals surface area contributed by atoms with Gasteiger partial charge in [-0.05, 0) is 25.1 Å². The first kappa shape index (κ1) is 12.3. The quantitative estimate of drug-likeness (QED) is 0.724. The molecule has 0 spiro atoms. The lowest BCUT2D eigenvalue weighted by atomic mass is 10.1. The Morgan fingerprint density at radius 1 is 1.15 bits per heavy atom. The molecule has 0 radical (unpaired) electrons. The number of aryl methyl sites for hydroxylation is 1. The Bertz CT molecular complexity index is 767. The van der Waals surface area contributed by atoms with E-state index in [9.17, 15) is 4.39 Å². The number of hydrogen-bond acceptors (Lipinski definition) is 4. The van der Waals surface area contributed by atoms with Gasteiger partial charge < -0.3 is 10.3 Å². The molecule has 0 bridgehead atoms. The van der Waals surface area contributed by atoms with Crippen molar-refractivity contribution in [3.63, 3.8) is 0 Å². The third kappa shape index (κ3) is 2.14. The number of nitrogens with two attached hydrogens (primary N) is 1. The van der Waals surface area contributed by atoms with Crippen LogP contribution >= 0.6 is 0 Å². The van der Waals surface area contributed by atoms with Crippen molar-refractivity contribution in [3.05, 3.63) is 53.8 Å². The van der Waals surface area contributed by atoms with Gasteiger partial charge in [-0.15, -0.1) is 0 Å². The van der Waals surface area contributed by atoms with E-state index in [4.69, 9.17) is 10.3 Å². The SMILES string of the molecule is Cc1cccc(-c2noc(-c3cccc(F)c3N)n2)c1. The highest BCUT2D eigenvalue weighted by Crippen LogP contribution is 2.28. The molecule has 1 aromatic heterocycles.